The van der Waals surface area contributed by atoms with E-state index in [0.717, 1.165) is 19.4 Å². The molecule has 0 spiro atoms. The highest BCUT2D eigenvalue weighted by Gasteiger charge is 2.29. The summed E-state index contributed by atoms with van der Waals surface area (Å²) in [5, 5.41) is 9.91. The summed E-state index contributed by atoms with van der Waals surface area (Å²) in [7, 11) is 0. The summed E-state index contributed by atoms with van der Waals surface area (Å²) in [6.07, 6.45) is 5.70. The first-order chi connectivity index (χ1) is 8.75. The van der Waals surface area contributed by atoms with Gasteiger partial charge in [-0.2, -0.15) is 0 Å². The lowest BCUT2D eigenvalue weighted by Gasteiger charge is -2.27. The Bertz CT molecular complexity index is 417. The van der Waals surface area contributed by atoms with Gasteiger partial charge in [0.05, 0.1) is 6.10 Å². The third-order valence-electron chi connectivity index (χ3n) is 4.71. The highest BCUT2D eigenvalue weighted by Crippen LogP contribution is 2.34. The normalized spacial score (nSPS) is 30.8. The lowest BCUT2D eigenvalue weighted by Crippen LogP contribution is -2.32. The molecule has 0 bridgehead atoms. The van der Waals surface area contributed by atoms with Crippen LogP contribution in [-0.2, 0) is 6.42 Å². The molecule has 1 saturated carbocycles. The van der Waals surface area contributed by atoms with Crippen molar-refractivity contribution < 1.29 is 5.11 Å². The molecule has 3 atom stereocenters. The average Bonchev–Trinajstić information content (AvgIpc) is 2.90. The Hall–Kier alpha value is -1.02. The minimum absolute atomic E-state index is 0.0434. The molecule has 2 aliphatic rings. The van der Waals surface area contributed by atoms with Crippen molar-refractivity contribution in [2.75, 3.05) is 11.4 Å². The van der Waals surface area contributed by atoms with Gasteiger partial charge < -0.3 is 10.0 Å². The molecule has 1 aromatic rings. The number of hydrogen-bond acceptors (Lipinski definition) is 2. The van der Waals surface area contributed by atoms with E-state index in [9.17, 15) is 5.11 Å². The van der Waals surface area contributed by atoms with Crippen molar-refractivity contribution in [1.82, 2.24) is 0 Å². The van der Waals surface area contributed by atoms with Crippen molar-refractivity contribution in [3.8, 4) is 0 Å². The topological polar surface area (TPSA) is 23.5 Å². The molecule has 1 heterocycles. The monoisotopic (exact) mass is 245 g/mol. The van der Waals surface area contributed by atoms with Crippen LogP contribution in [-0.4, -0.2) is 23.8 Å². The Balaban J connectivity index is 1.66. The third-order valence-corrected chi connectivity index (χ3v) is 4.71. The van der Waals surface area contributed by atoms with Crippen LogP contribution in [0.3, 0.4) is 0 Å². The van der Waals surface area contributed by atoms with Crippen LogP contribution < -0.4 is 4.90 Å². The summed E-state index contributed by atoms with van der Waals surface area (Å²) < 4.78 is 0. The molecule has 0 radical (unpaired) electrons. The Kier molecular flexibility index (Phi) is 3.29. The van der Waals surface area contributed by atoms with Crippen LogP contribution in [0, 0.1) is 5.92 Å². The summed E-state index contributed by atoms with van der Waals surface area (Å²) in [4.78, 5) is 2.53. The Labute approximate surface area is 110 Å². The van der Waals surface area contributed by atoms with Crippen LogP contribution in [0.5, 0.6) is 0 Å². The molecule has 0 saturated heterocycles. The Morgan fingerprint density at radius 3 is 2.89 bits per heavy atom. The number of nitrogens with zero attached hydrogens (tertiary/aromatic N) is 1. The van der Waals surface area contributed by atoms with Crippen LogP contribution in [0.15, 0.2) is 24.3 Å². The number of para-hydroxylation sites is 1. The molecule has 2 nitrogen and oxygen atoms in total. The predicted octanol–water partition coefficient (Wildman–Crippen LogP) is 2.99. The van der Waals surface area contributed by atoms with Crippen molar-refractivity contribution in [2.45, 2.75) is 51.2 Å². The van der Waals surface area contributed by atoms with Gasteiger partial charge in [-0.3, -0.25) is 0 Å². The lowest BCUT2D eigenvalue weighted by atomic mass is 10.0. The molecule has 18 heavy (non-hydrogen) atoms. The van der Waals surface area contributed by atoms with E-state index in [2.05, 4.69) is 36.1 Å². The third kappa shape index (κ3) is 2.14. The minimum atomic E-state index is -0.0434. The predicted molar refractivity (Wildman–Crippen MR) is 74.9 cm³/mol. The van der Waals surface area contributed by atoms with Gasteiger partial charge >= 0.3 is 0 Å². The lowest BCUT2D eigenvalue weighted by molar-refractivity contribution is 0.129. The maximum atomic E-state index is 9.91. The van der Waals surface area contributed by atoms with Crippen molar-refractivity contribution >= 4 is 5.69 Å². The molecular formula is C16H23NO. The molecule has 3 rings (SSSR count). The number of aliphatic hydroxyl groups excluding tert-OH is 1. The highest BCUT2D eigenvalue weighted by molar-refractivity contribution is 5.59. The largest absolute Gasteiger partial charge is 0.393 e. The molecule has 0 amide bonds. The van der Waals surface area contributed by atoms with Crippen LogP contribution in [0.2, 0.25) is 0 Å². The number of aliphatic hydroxyl groups is 1. The molecule has 2 heteroatoms. The minimum Gasteiger partial charge on any atom is -0.393 e. The van der Waals surface area contributed by atoms with Crippen molar-refractivity contribution in [3.05, 3.63) is 29.8 Å². The van der Waals surface area contributed by atoms with Gasteiger partial charge in [-0.25, -0.2) is 0 Å². The van der Waals surface area contributed by atoms with Gasteiger partial charge in [-0.1, -0.05) is 24.6 Å². The van der Waals surface area contributed by atoms with Crippen LogP contribution in [0.4, 0.5) is 5.69 Å². The summed E-state index contributed by atoms with van der Waals surface area (Å²) in [5.74, 6) is 0.532. The molecule has 0 aromatic heterocycles. The number of anilines is 1. The summed E-state index contributed by atoms with van der Waals surface area (Å²) in [5.41, 5.74) is 2.90. The van der Waals surface area contributed by atoms with Crippen LogP contribution >= 0.6 is 0 Å². The molecule has 1 N–H and O–H groups in total. The van der Waals surface area contributed by atoms with Gasteiger partial charge in [0.1, 0.15) is 0 Å². The van der Waals surface area contributed by atoms with Gasteiger partial charge in [0, 0.05) is 18.3 Å². The molecular weight excluding hydrogens is 222 g/mol. The fourth-order valence-corrected chi connectivity index (χ4v) is 3.63. The van der Waals surface area contributed by atoms with Gasteiger partial charge in [-0.15, -0.1) is 0 Å². The smallest absolute Gasteiger partial charge is 0.0569 e. The SMILES string of the molecule is CC1Cc2ccccc2N1CCC1CCCC1O. The van der Waals surface area contributed by atoms with E-state index in [-0.39, 0.29) is 6.10 Å². The van der Waals surface area contributed by atoms with Gasteiger partial charge in [-0.05, 0) is 50.2 Å². The molecule has 3 unspecified atom stereocenters. The van der Waals surface area contributed by atoms with E-state index in [1.165, 1.54) is 30.5 Å². The standard InChI is InChI=1S/C16H23NO/c1-12-11-14-5-2-3-7-15(14)17(12)10-9-13-6-4-8-16(13)18/h2-3,5,7,12-13,16,18H,4,6,8-11H2,1H3. The van der Waals surface area contributed by atoms with Crippen LogP contribution in [0.1, 0.15) is 38.2 Å². The Morgan fingerprint density at radius 1 is 1.28 bits per heavy atom. The van der Waals surface area contributed by atoms with Crippen molar-refractivity contribution in [1.29, 1.82) is 0 Å². The van der Waals surface area contributed by atoms with E-state index in [1.54, 1.807) is 0 Å². The number of benzene rings is 1. The average molecular weight is 245 g/mol. The maximum Gasteiger partial charge on any atom is 0.0569 e. The zero-order valence-corrected chi connectivity index (χ0v) is 11.2. The first kappa shape index (κ1) is 12.0. The van der Waals surface area contributed by atoms with Gasteiger partial charge in [0.15, 0.2) is 0 Å². The molecule has 1 fully saturated rings. The number of fused-ring (bicyclic) bond motifs is 1. The Morgan fingerprint density at radius 2 is 2.11 bits per heavy atom. The van der Waals surface area contributed by atoms with Gasteiger partial charge in [0.2, 0.25) is 0 Å². The maximum absolute atomic E-state index is 9.91. The van der Waals surface area contributed by atoms with Gasteiger partial charge in [0.25, 0.3) is 0 Å². The van der Waals surface area contributed by atoms with E-state index in [0.29, 0.717) is 12.0 Å². The molecule has 1 aromatic carbocycles. The molecule has 98 valence electrons. The second-order valence-electron chi connectivity index (χ2n) is 5.92. The fraction of sp³-hybridized carbons (Fsp3) is 0.625. The highest BCUT2D eigenvalue weighted by atomic mass is 16.3. The zero-order valence-electron chi connectivity index (χ0n) is 11.2. The molecule has 1 aliphatic heterocycles. The fourth-order valence-electron chi connectivity index (χ4n) is 3.63. The quantitative estimate of drug-likeness (QED) is 0.885. The second-order valence-corrected chi connectivity index (χ2v) is 5.92. The summed E-state index contributed by atoms with van der Waals surface area (Å²) in [6, 6.07) is 9.37. The van der Waals surface area contributed by atoms with E-state index < -0.39 is 0 Å². The number of hydrogen-bond donors (Lipinski definition) is 1. The second kappa shape index (κ2) is 4.93. The number of rotatable bonds is 3. The molecule has 1 aliphatic carbocycles. The summed E-state index contributed by atoms with van der Waals surface area (Å²) in [6.45, 7) is 3.41. The van der Waals surface area contributed by atoms with E-state index >= 15 is 0 Å². The zero-order chi connectivity index (χ0) is 12.5. The van der Waals surface area contributed by atoms with Crippen molar-refractivity contribution in [3.63, 3.8) is 0 Å². The first-order valence-corrected chi connectivity index (χ1v) is 7.28. The van der Waals surface area contributed by atoms with Crippen LogP contribution in [0.25, 0.3) is 0 Å². The van der Waals surface area contributed by atoms with E-state index in [4.69, 9.17) is 0 Å². The van der Waals surface area contributed by atoms with E-state index in [1.807, 2.05) is 0 Å². The summed E-state index contributed by atoms with van der Waals surface area (Å²) >= 11 is 0. The first-order valence-electron chi connectivity index (χ1n) is 7.28. The van der Waals surface area contributed by atoms with Crippen molar-refractivity contribution in [2.24, 2.45) is 5.92 Å².